The summed E-state index contributed by atoms with van der Waals surface area (Å²) in [6.45, 7) is 0.206. The third kappa shape index (κ3) is 5.66. The van der Waals surface area contributed by atoms with Gasteiger partial charge in [0, 0.05) is 32.3 Å². The standard InChI is InChI=1S/C11H16N4O4/c1-15-6-5-12-8(15)7-13-11(19)14-9(16)3-2-4-10(17)18/h5-6H,2-4,7H2,1H3,(H,17,18)(H2,13,14,16,19). The molecule has 1 heterocycles. The lowest BCUT2D eigenvalue weighted by atomic mass is 10.2. The molecule has 0 saturated heterocycles. The number of hydrogen-bond acceptors (Lipinski definition) is 4. The molecule has 0 fully saturated rings. The van der Waals surface area contributed by atoms with E-state index in [0.717, 1.165) is 0 Å². The van der Waals surface area contributed by atoms with Crippen LogP contribution in [-0.2, 0) is 23.2 Å². The summed E-state index contributed by atoms with van der Waals surface area (Å²) in [5, 5.41) is 13.0. The SMILES string of the molecule is Cn1ccnc1CNC(=O)NC(=O)CCCC(=O)O. The molecule has 0 aliphatic carbocycles. The van der Waals surface area contributed by atoms with Crippen molar-refractivity contribution in [2.45, 2.75) is 25.8 Å². The average molecular weight is 268 g/mol. The highest BCUT2D eigenvalue weighted by molar-refractivity contribution is 5.94. The Morgan fingerprint density at radius 3 is 2.68 bits per heavy atom. The second kappa shape index (κ2) is 7.14. The van der Waals surface area contributed by atoms with E-state index in [1.54, 1.807) is 24.0 Å². The minimum atomic E-state index is -0.966. The highest BCUT2D eigenvalue weighted by atomic mass is 16.4. The smallest absolute Gasteiger partial charge is 0.321 e. The van der Waals surface area contributed by atoms with Gasteiger partial charge in [-0.05, 0) is 6.42 Å². The second-order valence-corrected chi connectivity index (χ2v) is 3.93. The minimum Gasteiger partial charge on any atom is -0.481 e. The Bertz CT molecular complexity index is 469. The van der Waals surface area contributed by atoms with E-state index in [1.807, 2.05) is 0 Å². The van der Waals surface area contributed by atoms with Crippen LogP contribution in [0, 0.1) is 0 Å². The number of hydrogen-bond donors (Lipinski definition) is 3. The van der Waals surface area contributed by atoms with Gasteiger partial charge in [0.1, 0.15) is 5.82 Å². The summed E-state index contributed by atoms with van der Waals surface area (Å²) in [6, 6.07) is -0.622. The lowest BCUT2D eigenvalue weighted by Crippen LogP contribution is -2.39. The van der Waals surface area contributed by atoms with Crippen molar-refractivity contribution in [2.75, 3.05) is 0 Å². The van der Waals surface area contributed by atoms with Crippen molar-refractivity contribution in [3.8, 4) is 0 Å². The second-order valence-electron chi connectivity index (χ2n) is 3.93. The van der Waals surface area contributed by atoms with Gasteiger partial charge in [-0.2, -0.15) is 0 Å². The van der Waals surface area contributed by atoms with Crippen molar-refractivity contribution >= 4 is 17.9 Å². The number of urea groups is 1. The molecule has 104 valence electrons. The number of carboxylic acids is 1. The number of nitrogens with one attached hydrogen (secondary N) is 2. The minimum absolute atomic E-state index is 0.00211. The summed E-state index contributed by atoms with van der Waals surface area (Å²) in [6.07, 6.45) is 3.45. The number of imide groups is 1. The summed E-state index contributed by atoms with van der Waals surface area (Å²) in [4.78, 5) is 36.9. The van der Waals surface area contributed by atoms with Crippen LogP contribution in [-0.4, -0.2) is 32.6 Å². The number of aromatic nitrogens is 2. The van der Waals surface area contributed by atoms with Crippen LogP contribution in [0.2, 0.25) is 0 Å². The van der Waals surface area contributed by atoms with E-state index in [1.165, 1.54) is 0 Å². The Morgan fingerprint density at radius 2 is 2.11 bits per heavy atom. The number of aryl methyl sites for hydroxylation is 1. The van der Waals surface area contributed by atoms with Crippen LogP contribution in [0.25, 0.3) is 0 Å². The van der Waals surface area contributed by atoms with Crippen molar-refractivity contribution in [1.82, 2.24) is 20.2 Å². The fourth-order valence-corrected chi connectivity index (χ4v) is 1.36. The molecule has 0 unspecified atom stereocenters. The van der Waals surface area contributed by atoms with Gasteiger partial charge in [0.15, 0.2) is 0 Å². The zero-order valence-electron chi connectivity index (χ0n) is 10.5. The fourth-order valence-electron chi connectivity index (χ4n) is 1.36. The first-order chi connectivity index (χ1) is 8.99. The van der Waals surface area contributed by atoms with Gasteiger partial charge in [-0.25, -0.2) is 9.78 Å². The third-order valence-corrected chi connectivity index (χ3v) is 2.38. The van der Waals surface area contributed by atoms with Gasteiger partial charge in [0.05, 0.1) is 6.54 Å². The molecule has 8 heteroatoms. The van der Waals surface area contributed by atoms with Gasteiger partial charge < -0.3 is 15.0 Å². The number of aliphatic carboxylic acids is 1. The molecule has 0 aliphatic rings. The molecule has 1 aromatic heterocycles. The van der Waals surface area contributed by atoms with E-state index in [2.05, 4.69) is 15.6 Å². The number of amides is 3. The van der Waals surface area contributed by atoms with Gasteiger partial charge in [-0.1, -0.05) is 0 Å². The Hall–Kier alpha value is -2.38. The van der Waals surface area contributed by atoms with Gasteiger partial charge in [-0.15, -0.1) is 0 Å². The first-order valence-electron chi connectivity index (χ1n) is 5.74. The van der Waals surface area contributed by atoms with Crippen molar-refractivity contribution in [3.05, 3.63) is 18.2 Å². The summed E-state index contributed by atoms with van der Waals surface area (Å²) >= 11 is 0. The van der Waals surface area contributed by atoms with Crippen LogP contribution in [0.4, 0.5) is 4.79 Å². The molecule has 0 aromatic carbocycles. The number of carbonyl (C=O) groups is 3. The number of carboxylic acid groups (broad SMARTS) is 1. The maximum atomic E-state index is 11.4. The normalized spacial score (nSPS) is 9.95. The van der Waals surface area contributed by atoms with Crippen LogP contribution in [0.5, 0.6) is 0 Å². The topological polar surface area (TPSA) is 113 Å². The van der Waals surface area contributed by atoms with E-state index < -0.39 is 17.9 Å². The van der Waals surface area contributed by atoms with Crippen molar-refractivity contribution in [1.29, 1.82) is 0 Å². The summed E-state index contributed by atoms with van der Waals surface area (Å²) < 4.78 is 1.75. The lowest BCUT2D eigenvalue weighted by Gasteiger charge is -2.06. The zero-order chi connectivity index (χ0) is 14.3. The summed E-state index contributed by atoms with van der Waals surface area (Å²) in [7, 11) is 1.79. The summed E-state index contributed by atoms with van der Waals surface area (Å²) in [5.74, 6) is -0.806. The maximum absolute atomic E-state index is 11.4. The predicted molar refractivity (Wildman–Crippen MR) is 65.1 cm³/mol. The first-order valence-corrected chi connectivity index (χ1v) is 5.74. The molecule has 1 rings (SSSR count). The quantitative estimate of drug-likeness (QED) is 0.672. The fraction of sp³-hybridized carbons (Fsp3) is 0.455. The summed E-state index contributed by atoms with van der Waals surface area (Å²) in [5.41, 5.74) is 0. The maximum Gasteiger partial charge on any atom is 0.321 e. The monoisotopic (exact) mass is 268 g/mol. The molecule has 0 spiro atoms. The van der Waals surface area contributed by atoms with E-state index >= 15 is 0 Å². The highest BCUT2D eigenvalue weighted by Crippen LogP contribution is 1.95. The molecule has 0 atom stereocenters. The molecule has 19 heavy (non-hydrogen) atoms. The Balaban J connectivity index is 2.22. The van der Waals surface area contributed by atoms with Crippen molar-refractivity contribution in [3.63, 3.8) is 0 Å². The number of nitrogens with zero attached hydrogens (tertiary/aromatic N) is 2. The molecular formula is C11H16N4O4. The Kier molecular flexibility index (Phi) is 5.52. The molecule has 8 nitrogen and oxygen atoms in total. The molecule has 3 N–H and O–H groups in total. The molecule has 0 saturated carbocycles. The van der Waals surface area contributed by atoms with Gasteiger partial charge >= 0.3 is 12.0 Å². The number of imidazole rings is 1. The molecule has 0 radical (unpaired) electrons. The molecule has 0 aliphatic heterocycles. The van der Waals surface area contributed by atoms with E-state index in [9.17, 15) is 14.4 Å². The van der Waals surface area contributed by atoms with Gasteiger partial charge in [0.2, 0.25) is 5.91 Å². The van der Waals surface area contributed by atoms with Crippen LogP contribution in [0.1, 0.15) is 25.1 Å². The first kappa shape index (κ1) is 14.7. The Labute approximate surface area is 109 Å². The van der Waals surface area contributed by atoms with E-state index in [4.69, 9.17) is 5.11 Å². The Morgan fingerprint density at radius 1 is 1.37 bits per heavy atom. The van der Waals surface area contributed by atoms with E-state index in [-0.39, 0.29) is 25.8 Å². The molecular weight excluding hydrogens is 252 g/mol. The average Bonchev–Trinajstić information content (AvgIpc) is 2.71. The third-order valence-electron chi connectivity index (χ3n) is 2.38. The highest BCUT2D eigenvalue weighted by Gasteiger charge is 2.09. The zero-order valence-corrected chi connectivity index (χ0v) is 10.5. The molecule has 1 aromatic rings. The van der Waals surface area contributed by atoms with Gasteiger partial charge in [0.25, 0.3) is 0 Å². The van der Waals surface area contributed by atoms with Gasteiger partial charge in [-0.3, -0.25) is 14.9 Å². The molecule has 3 amide bonds. The van der Waals surface area contributed by atoms with Crippen molar-refractivity contribution in [2.24, 2.45) is 7.05 Å². The van der Waals surface area contributed by atoms with Crippen LogP contribution in [0.15, 0.2) is 12.4 Å². The predicted octanol–water partition coefficient (Wildman–Crippen LogP) is 0.000800. The number of rotatable bonds is 6. The van der Waals surface area contributed by atoms with Crippen LogP contribution in [0.3, 0.4) is 0 Å². The van der Waals surface area contributed by atoms with Crippen LogP contribution >= 0.6 is 0 Å². The molecule has 0 bridgehead atoms. The van der Waals surface area contributed by atoms with E-state index in [0.29, 0.717) is 5.82 Å². The largest absolute Gasteiger partial charge is 0.481 e. The van der Waals surface area contributed by atoms with Crippen molar-refractivity contribution < 1.29 is 19.5 Å². The number of carbonyl (C=O) groups excluding carboxylic acids is 2. The van der Waals surface area contributed by atoms with Crippen LogP contribution < -0.4 is 10.6 Å². The lowest BCUT2D eigenvalue weighted by molar-refractivity contribution is -0.137.